The number of fused-ring (bicyclic) bond motifs is 1. The van der Waals surface area contributed by atoms with Crippen LogP contribution in [0.4, 0.5) is 17.5 Å². The second-order valence-corrected chi connectivity index (χ2v) is 10.7. The molecule has 1 saturated heterocycles. The van der Waals surface area contributed by atoms with Gasteiger partial charge in [-0.25, -0.2) is 13.4 Å². The predicted molar refractivity (Wildman–Crippen MR) is 143 cm³/mol. The van der Waals surface area contributed by atoms with Crippen molar-refractivity contribution in [1.29, 1.82) is 0 Å². The third-order valence-electron chi connectivity index (χ3n) is 6.33. The van der Waals surface area contributed by atoms with E-state index in [1.54, 1.807) is 42.7 Å². The summed E-state index contributed by atoms with van der Waals surface area (Å²) >= 11 is 0. The molecule has 4 heterocycles. The van der Waals surface area contributed by atoms with Crippen LogP contribution in [0.5, 0.6) is 5.75 Å². The fourth-order valence-corrected chi connectivity index (χ4v) is 5.80. The monoisotopic (exact) mass is 544 g/mol. The molecular weight excluding hydrogens is 520 g/mol. The minimum Gasteiger partial charge on any atom is -0.472 e. The van der Waals surface area contributed by atoms with Crippen LogP contribution in [0.15, 0.2) is 84.0 Å². The topological polar surface area (TPSA) is 127 Å². The molecular formula is C27H24N6O5S. The number of aromatic nitrogens is 3. The van der Waals surface area contributed by atoms with E-state index in [9.17, 15) is 13.2 Å². The predicted octanol–water partition coefficient (Wildman–Crippen LogP) is 3.30. The Morgan fingerprint density at radius 2 is 1.82 bits per heavy atom. The van der Waals surface area contributed by atoms with Gasteiger partial charge in [-0.3, -0.25) is 9.78 Å². The third kappa shape index (κ3) is 4.99. The molecule has 6 rings (SSSR count). The Hall–Kier alpha value is -4.55. The van der Waals surface area contributed by atoms with Gasteiger partial charge in [0.05, 0.1) is 36.4 Å². The van der Waals surface area contributed by atoms with E-state index in [-0.39, 0.29) is 10.5 Å². The molecule has 2 aliphatic rings. The van der Waals surface area contributed by atoms with E-state index >= 15 is 0 Å². The van der Waals surface area contributed by atoms with Gasteiger partial charge in [0.25, 0.3) is 15.9 Å². The first-order valence-corrected chi connectivity index (χ1v) is 13.7. The molecule has 0 atom stereocenters. The van der Waals surface area contributed by atoms with Crippen LogP contribution in [-0.2, 0) is 14.8 Å². The minimum atomic E-state index is -3.97. The van der Waals surface area contributed by atoms with E-state index in [2.05, 4.69) is 15.2 Å². The van der Waals surface area contributed by atoms with Crippen LogP contribution in [0.3, 0.4) is 0 Å². The standard InChI is InChI=1S/C27H24N6O5S/c34-26-22-8-1-2-9-24(22)39(35,36)33(26)18-38-21-7-3-5-19(15-21)23-16-25(29-20-6-4-10-28-17-20)31-27(30-23)32-11-13-37-14-12-32/h1-10,15-17H,11-14,18H2,(H,29,30,31). The number of sulfonamides is 1. The molecule has 0 radical (unpaired) electrons. The maximum atomic E-state index is 12.9. The molecule has 12 heteroatoms. The van der Waals surface area contributed by atoms with Crippen molar-refractivity contribution in [2.45, 2.75) is 4.90 Å². The zero-order valence-corrected chi connectivity index (χ0v) is 21.5. The Morgan fingerprint density at radius 3 is 2.62 bits per heavy atom. The summed E-state index contributed by atoms with van der Waals surface area (Å²) in [6.45, 7) is 2.06. The number of pyridine rings is 1. The zero-order chi connectivity index (χ0) is 26.8. The third-order valence-corrected chi connectivity index (χ3v) is 8.10. The molecule has 39 heavy (non-hydrogen) atoms. The quantitative estimate of drug-likeness (QED) is 0.370. The van der Waals surface area contributed by atoms with Crippen molar-refractivity contribution in [3.63, 3.8) is 0 Å². The Bertz CT molecular complexity index is 1630. The lowest BCUT2D eigenvalue weighted by Crippen LogP contribution is -2.37. The normalized spacial score (nSPS) is 16.2. The Kier molecular flexibility index (Phi) is 6.55. The lowest BCUT2D eigenvalue weighted by atomic mass is 10.1. The number of anilines is 3. The van der Waals surface area contributed by atoms with E-state index in [1.807, 2.05) is 24.3 Å². The second-order valence-electron chi connectivity index (χ2n) is 8.86. The highest BCUT2D eigenvalue weighted by Gasteiger charge is 2.41. The molecule has 198 valence electrons. The number of nitrogens with one attached hydrogen (secondary N) is 1. The van der Waals surface area contributed by atoms with Crippen molar-refractivity contribution >= 4 is 33.4 Å². The number of hydrogen-bond acceptors (Lipinski definition) is 10. The van der Waals surface area contributed by atoms with Gasteiger partial charge in [-0.2, -0.15) is 9.29 Å². The first-order valence-electron chi connectivity index (χ1n) is 12.3. The first kappa shape index (κ1) is 24.8. The van der Waals surface area contributed by atoms with Gasteiger partial charge in [0.1, 0.15) is 16.5 Å². The molecule has 4 aromatic rings. The number of carbonyl (C=O) groups excluding carboxylic acids is 1. The van der Waals surface area contributed by atoms with Crippen molar-refractivity contribution in [1.82, 2.24) is 19.3 Å². The Balaban J connectivity index is 1.27. The largest absolute Gasteiger partial charge is 0.472 e. The summed E-state index contributed by atoms with van der Waals surface area (Å²) in [5, 5.41) is 3.28. The van der Waals surface area contributed by atoms with Gasteiger partial charge < -0.3 is 19.7 Å². The highest BCUT2D eigenvalue weighted by atomic mass is 32.2. The van der Waals surface area contributed by atoms with Crippen LogP contribution < -0.4 is 15.0 Å². The van der Waals surface area contributed by atoms with Crippen molar-refractivity contribution < 1.29 is 22.7 Å². The number of ether oxygens (including phenoxy) is 2. The van der Waals surface area contributed by atoms with Gasteiger partial charge in [-0.1, -0.05) is 24.3 Å². The molecule has 1 N–H and O–H groups in total. The average molecular weight is 545 g/mol. The van der Waals surface area contributed by atoms with Crippen LogP contribution in [0.2, 0.25) is 0 Å². The summed E-state index contributed by atoms with van der Waals surface area (Å²) in [7, 11) is -3.97. The molecule has 2 aromatic carbocycles. The minimum absolute atomic E-state index is 0.0161. The van der Waals surface area contributed by atoms with Gasteiger partial charge in [0.15, 0.2) is 6.73 Å². The zero-order valence-electron chi connectivity index (χ0n) is 20.7. The molecule has 1 fully saturated rings. The van der Waals surface area contributed by atoms with E-state index in [1.165, 1.54) is 12.1 Å². The highest BCUT2D eigenvalue weighted by Crippen LogP contribution is 2.31. The first-order chi connectivity index (χ1) is 19.0. The SMILES string of the molecule is O=C1c2ccccc2S(=O)(=O)N1COc1cccc(-c2cc(Nc3cccnc3)nc(N3CCOCC3)n2)c1. The summed E-state index contributed by atoms with van der Waals surface area (Å²) in [4.78, 5) is 28.4. The van der Waals surface area contributed by atoms with Crippen molar-refractivity contribution in [2.75, 3.05) is 43.3 Å². The molecule has 2 aliphatic heterocycles. The smallest absolute Gasteiger partial charge is 0.271 e. The van der Waals surface area contributed by atoms with Gasteiger partial charge in [-0.15, -0.1) is 0 Å². The van der Waals surface area contributed by atoms with E-state index < -0.39 is 22.7 Å². The summed E-state index contributed by atoms with van der Waals surface area (Å²) in [5.41, 5.74) is 2.29. The van der Waals surface area contributed by atoms with Gasteiger partial charge in [0.2, 0.25) is 5.95 Å². The van der Waals surface area contributed by atoms with Crippen LogP contribution >= 0.6 is 0 Å². The number of carbonyl (C=O) groups is 1. The molecule has 11 nitrogen and oxygen atoms in total. The van der Waals surface area contributed by atoms with Gasteiger partial charge in [0, 0.05) is 30.9 Å². The lowest BCUT2D eigenvalue weighted by Gasteiger charge is -2.27. The van der Waals surface area contributed by atoms with Gasteiger partial charge >= 0.3 is 0 Å². The fourth-order valence-electron chi connectivity index (χ4n) is 4.37. The fraction of sp³-hybridized carbons (Fsp3) is 0.185. The van der Waals surface area contributed by atoms with E-state index in [0.29, 0.717) is 49.5 Å². The van der Waals surface area contributed by atoms with Gasteiger partial charge in [-0.05, 0) is 36.4 Å². The summed E-state index contributed by atoms with van der Waals surface area (Å²) in [6, 6.07) is 18.8. The van der Waals surface area contributed by atoms with Crippen molar-refractivity contribution in [3.05, 3.63) is 84.7 Å². The second kappa shape index (κ2) is 10.3. The number of rotatable bonds is 7. The highest BCUT2D eigenvalue weighted by molar-refractivity contribution is 7.90. The van der Waals surface area contributed by atoms with Crippen LogP contribution in [0, 0.1) is 0 Å². The molecule has 0 saturated carbocycles. The summed E-state index contributed by atoms with van der Waals surface area (Å²) in [5.74, 6) is 0.922. The summed E-state index contributed by atoms with van der Waals surface area (Å²) < 4.78 is 37.7. The van der Waals surface area contributed by atoms with Crippen molar-refractivity contribution in [3.8, 4) is 17.0 Å². The molecule has 0 bridgehead atoms. The number of morpholine rings is 1. The van der Waals surface area contributed by atoms with E-state index in [0.717, 1.165) is 15.6 Å². The lowest BCUT2D eigenvalue weighted by molar-refractivity contribution is 0.0790. The molecule has 0 aliphatic carbocycles. The van der Waals surface area contributed by atoms with Crippen LogP contribution in [0.1, 0.15) is 10.4 Å². The van der Waals surface area contributed by atoms with Crippen LogP contribution in [-0.4, -0.2) is 66.6 Å². The number of amides is 1. The number of benzene rings is 2. The number of nitrogens with zero attached hydrogens (tertiary/aromatic N) is 5. The Labute approximate surface area is 225 Å². The van der Waals surface area contributed by atoms with Crippen LogP contribution in [0.25, 0.3) is 11.3 Å². The van der Waals surface area contributed by atoms with E-state index in [4.69, 9.17) is 19.4 Å². The van der Waals surface area contributed by atoms with Crippen molar-refractivity contribution in [2.24, 2.45) is 0 Å². The molecule has 0 spiro atoms. The maximum Gasteiger partial charge on any atom is 0.271 e. The Morgan fingerprint density at radius 1 is 0.974 bits per heavy atom. The maximum absolute atomic E-state index is 12.9. The molecule has 1 amide bonds. The summed E-state index contributed by atoms with van der Waals surface area (Å²) in [6.07, 6.45) is 3.40. The molecule has 0 unspecified atom stereocenters. The molecule has 2 aromatic heterocycles. The average Bonchev–Trinajstić information content (AvgIpc) is 3.17. The number of hydrogen-bond donors (Lipinski definition) is 1.